The quantitative estimate of drug-likeness (QED) is 0.759. The first-order chi connectivity index (χ1) is 7.50. The van der Waals surface area contributed by atoms with Crippen molar-refractivity contribution in [3.63, 3.8) is 0 Å². The van der Waals surface area contributed by atoms with Gasteiger partial charge in [-0.3, -0.25) is 9.59 Å². The third kappa shape index (κ3) is 1.81. The second-order valence-electron chi connectivity index (χ2n) is 5.39. The summed E-state index contributed by atoms with van der Waals surface area (Å²) in [5.41, 5.74) is 0. The van der Waals surface area contributed by atoms with Gasteiger partial charge in [-0.05, 0) is 44.9 Å². The Bertz CT molecular complexity index is 313. The molecule has 16 heavy (non-hydrogen) atoms. The zero-order valence-electron chi connectivity index (χ0n) is 9.77. The number of carboxylic acids is 1. The highest BCUT2D eigenvalue weighted by Gasteiger charge is 2.53. The SMILES string of the molecule is CC(C)NC(=O)[C@@H]1[C@H]2CC[C@@H](C2)[C@H]1C(=O)O. The molecule has 0 radical (unpaired) electrons. The number of rotatable bonds is 3. The molecule has 4 atom stereocenters. The van der Waals surface area contributed by atoms with E-state index in [0.717, 1.165) is 19.3 Å². The van der Waals surface area contributed by atoms with Crippen LogP contribution in [-0.2, 0) is 9.59 Å². The molecule has 90 valence electrons. The molecule has 2 rings (SSSR count). The number of aliphatic carboxylic acids is 1. The van der Waals surface area contributed by atoms with Crippen LogP contribution in [0.15, 0.2) is 0 Å². The van der Waals surface area contributed by atoms with E-state index in [1.807, 2.05) is 13.8 Å². The first-order valence-corrected chi connectivity index (χ1v) is 6.04. The fourth-order valence-electron chi connectivity index (χ4n) is 3.40. The van der Waals surface area contributed by atoms with Crippen molar-refractivity contribution in [3.8, 4) is 0 Å². The molecule has 1 amide bonds. The molecule has 2 bridgehead atoms. The second-order valence-corrected chi connectivity index (χ2v) is 5.39. The number of nitrogens with one attached hydrogen (secondary N) is 1. The normalized spacial score (nSPS) is 36.7. The van der Waals surface area contributed by atoms with Gasteiger partial charge in [0, 0.05) is 6.04 Å². The van der Waals surface area contributed by atoms with Gasteiger partial charge >= 0.3 is 5.97 Å². The highest BCUT2D eigenvalue weighted by Crippen LogP contribution is 2.52. The third-order valence-corrected chi connectivity index (χ3v) is 3.94. The van der Waals surface area contributed by atoms with Crippen LogP contribution >= 0.6 is 0 Å². The van der Waals surface area contributed by atoms with Gasteiger partial charge in [-0.25, -0.2) is 0 Å². The minimum Gasteiger partial charge on any atom is -0.481 e. The summed E-state index contributed by atoms with van der Waals surface area (Å²) < 4.78 is 0. The van der Waals surface area contributed by atoms with Crippen molar-refractivity contribution in [2.24, 2.45) is 23.7 Å². The molecule has 0 aromatic carbocycles. The summed E-state index contributed by atoms with van der Waals surface area (Å²) in [6, 6.07) is 0.0843. The topological polar surface area (TPSA) is 66.4 Å². The van der Waals surface area contributed by atoms with E-state index in [4.69, 9.17) is 0 Å². The number of hydrogen-bond donors (Lipinski definition) is 2. The Morgan fingerprint density at radius 3 is 2.25 bits per heavy atom. The van der Waals surface area contributed by atoms with E-state index < -0.39 is 11.9 Å². The first kappa shape index (κ1) is 11.4. The molecular formula is C12H19NO3. The Morgan fingerprint density at radius 1 is 1.19 bits per heavy atom. The molecule has 0 aromatic heterocycles. The standard InChI is InChI=1S/C12H19NO3/c1-6(2)13-11(14)9-7-3-4-8(5-7)10(9)12(15)16/h6-10H,3-5H2,1-2H3,(H,13,14)(H,15,16)/t7-,8-,9+,10+/m0/s1. The van der Waals surface area contributed by atoms with Crippen molar-refractivity contribution >= 4 is 11.9 Å². The summed E-state index contributed by atoms with van der Waals surface area (Å²) in [6.45, 7) is 3.81. The van der Waals surface area contributed by atoms with Gasteiger partial charge in [0.15, 0.2) is 0 Å². The lowest BCUT2D eigenvalue weighted by molar-refractivity contribution is -0.149. The van der Waals surface area contributed by atoms with Crippen LogP contribution < -0.4 is 5.32 Å². The van der Waals surface area contributed by atoms with Crippen molar-refractivity contribution < 1.29 is 14.7 Å². The lowest BCUT2D eigenvalue weighted by Crippen LogP contribution is -2.43. The maximum atomic E-state index is 12.0. The zero-order valence-corrected chi connectivity index (χ0v) is 9.77. The second kappa shape index (κ2) is 4.07. The van der Waals surface area contributed by atoms with Gasteiger partial charge in [0.1, 0.15) is 0 Å². The summed E-state index contributed by atoms with van der Waals surface area (Å²) in [5.74, 6) is -1.07. The van der Waals surface area contributed by atoms with Crippen LogP contribution in [0.25, 0.3) is 0 Å². The molecule has 2 N–H and O–H groups in total. The molecule has 2 saturated carbocycles. The minimum atomic E-state index is -0.795. The van der Waals surface area contributed by atoms with Gasteiger partial charge in [0.25, 0.3) is 0 Å². The zero-order chi connectivity index (χ0) is 11.9. The van der Waals surface area contributed by atoms with Crippen LogP contribution in [0, 0.1) is 23.7 Å². The van der Waals surface area contributed by atoms with Gasteiger partial charge in [-0.1, -0.05) is 0 Å². The summed E-state index contributed by atoms with van der Waals surface area (Å²) in [6.07, 6.45) is 2.92. The van der Waals surface area contributed by atoms with Crippen LogP contribution in [0.5, 0.6) is 0 Å². The third-order valence-electron chi connectivity index (χ3n) is 3.94. The van der Waals surface area contributed by atoms with E-state index in [1.165, 1.54) is 0 Å². The monoisotopic (exact) mass is 225 g/mol. The molecule has 2 aliphatic rings. The van der Waals surface area contributed by atoms with Crippen molar-refractivity contribution in [1.82, 2.24) is 5.32 Å². The number of hydrogen-bond acceptors (Lipinski definition) is 2. The number of carboxylic acid groups (broad SMARTS) is 1. The summed E-state index contributed by atoms with van der Waals surface area (Å²) >= 11 is 0. The molecule has 0 aromatic rings. The number of amides is 1. The van der Waals surface area contributed by atoms with E-state index in [0.29, 0.717) is 5.92 Å². The largest absolute Gasteiger partial charge is 0.481 e. The van der Waals surface area contributed by atoms with Gasteiger partial charge < -0.3 is 10.4 Å². The Hall–Kier alpha value is -1.06. The Kier molecular flexibility index (Phi) is 2.91. The highest BCUT2D eigenvalue weighted by molar-refractivity contribution is 5.86. The Balaban J connectivity index is 2.12. The molecule has 4 heteroatoms. The summed E-state index contributed by atoms with van der Waals surface area (Å²) in [5, 5.41) is 12.1. The smallest absolute Gasteiger partial charge is 0.307 e. The van der Waals surface area contributed by atoms with E-state index in [1.54, 1.807) is 0 Å². The van der Waals surface area contributed by atoms with Crippen LogP contribution in [-0.4, -0.2) is 23.0 Å². The fourth-order valence-corrected chi connectivity index (χ4v) is 3.40. The first-order valence-electron chi connectivity index (χ1n) is 6.04. The van der Waals surface area contributed by atoms with Gasteiger partial charge in [0.05, 0.1) is 11.8 Å². The van der Waals surface area contributed by atoms with Gasteiger partial charge in [0.2, 0.25) is 5.91 Å². The van der Waals surface area contributed by atoms with Crippen molar-refractivity contribution in [2.75, 3.05) is 0 Å². The van der Waals surface area contributed by atoms with Gasteiger partial charge in [-0.2, -0.15) is 0 Å². The van der Waals surface area contributed by atoms with Gasteiger partial charge in [-0.15, -0.1) is 0 Å². The Labute approximate surface area is 95.4 Å². The predicted octanol–water partition coefficient (Wildman–Crippen LogP) is 1.26. The van der Waals surface area contributed by atoms with E-state index in [9.17, 15) is 14.7 Å². The summed E-state index contributed by atoms with van der Waals surface area (Å²) in [7, 11) is 0. The molecule has 0 unspecified atom stereocenters. The fraction of sp³-hybridized carbons (Fsp3) is 0.833. The van der Waals surface area contributed by atoms with Crippen LogP contribution in [0.3, 0.4) is 0 Å². The molecule has 0 saturated heterocycles. The molecule has 4 nitrogen and oxygen atoms in total. The Morgan fingerprint density at radius 2 is 1.75 bits per heavy atom. The lowest BCUT2D eigenvalue weighted by atomic mass is 9.78. The van der Waals surface area contributed by atoms with Crippen LogP contribution in [0.4, 0.5) is 0 Å². The number of carbonyl (C=O) groups excluding carboxylic acids is 1. The predicted molar refractivity (Wildman–Crippen MR) is 58.7 cm³/mol. The van der Waals surface area contributed by atoms with E-state index in [2.05, 4.69) is 5.32 Å². The average Bonchev–Trinajstić information content (AvgIpc) is 2.74. The van der Waals surface area contributed by atoms with Crippen LogP contribution in [0.1, 0.15) is 33.1 Å². The minimum absolute atomic E-state index is 0.0606. The molecular weight excluding hydrogens is 206 g/mol. The molecule has 0 spiro atoms. The highest BCUT2D eigenvalue weighted by atomic mass is 16.4. The molecule has 0 heterocycles. The average molecular weight is 225 g/mol. The van der Waals surface area contributed by atoms with E-state index >= 15 is 0 Å². The van der Waals surface area contributed by atoms with Crippen molar-refractivity contribution in [1.29, 1.82) is 0 Å². The van der Waals surface area contributed by atoms with Crippen molar-refractivity contribution in [2.45, 2.75) is 39.2 Å². The van der Waals surface area contributed by atoms with E-state index in [-0.39, 0.29) is 23.8 Å². The number of fused-ring (bicyclic) bond motifs is 2. The van der Waals surface area contributed by atoms with Crippen LogP contribution in [0.2, 0.25) is 0 Å². The molecule has 0 aliphatic heterocycles. The maximum Gasteiger partial charge on any atom is 0.307 e. The molecule has 2 aliphatic carbocycles. The molecule has 2 fully saturated rings. The number of carbonyl (C=O) groups is 2. The summed E-state index contributed by atoms with van der Waals surface area (Å²) in [4.78, 5) is 23.2. The lowest BCUT2D eigenvalue weighted by Gasteiger charge is -2.27. The van der Waals surface area contributed by atoms with Crippen molar-refractivity contribution in [3.05, 3.63) is 0 Å². The maximum absolute atomic E-state index is 12.0.